The molecule has 0 saturated carbocycles. The molecule has 5 heteroatoms. The van der Waals surface area contributed by atoms with Crippen molar-refractivity contribution in [2.45, 2.75) is 5.54 Å². The van der Waals surface area contributed by atoms with Gasteiger partial charge < -0.3 is 9.30 Å². The largest absolute Gasteiger partial charge is 0.465 e. The van der Waals surface area contributed by atoms with E-state index in [4.69, 9.17) is 4.74 Å². The number of imidazole rings is 1. The number of aromatic nitrogens is 2. The first-order valence-corrected chi connectivity index (χ1v) is 13.0. The second-order valence-corrected chi connectivity index (χ2v) is 9.57. The lowest BCUT2D eigenvalue weighted by Crippen LogP contribution is -2.37. The van der Waals surface area contributed by atoms with Crippen molar-refractivity contribution in [3.05, 3.63) is 173 Å². The molecule has 1 aromatic heterocycles. The monoisotopic (exact) mass is 522 g/mol. The van der Waals surface area contributed by atoms with Gasteiger partial charge in [0.05, 0.1) is 19.0 Å². The van der Waals surface area contributed by atoms with Crippen LogP contribution in [0.15, 0.2) is 140 Å². The van der Waals surface area contributed by atoms with Crippen LogP contribution in [0.4, 0.5) is 0 Å². The molecular weight excluding hydrogens is 496 g/mol. The van der Waals surface area contributed by atoms with Crippen molar-refractivity contribution in [1.29, 1.82) is 0 Å². The lowest BCUT2D eigenvalue weighted by atomic mass is 9.77. The maximum atomic E-state index is 13.7. The summed E-state index contributed by atoms with van der Waals surface area (Å²) >= 11 is 0. The molecule has 40 heavy (non-hydrogen) atoms. The molecule has 0 aliphatic heterocycles. The van der Waals surface area contributed by atoms with Gasteiger partial charge in [-0.05, 0) is 45.7 Å². The van der Waals surface area contributed by atoms with Gasteiger partial charge in [-0.3, -0.25) is 4.79 Å². The number of hydrogen-bond acceptors (Lipinski definition) is 4. The zero-order chi connectivity index (χ0) is 27.5. The fraction of sp³-hybridized carbons (Fsp3) is 0.0571. The molecule has 194 valence electrons. The van der Waals surface area contributed by atoms with E-state index in [0.717, 1.165) is 27.5 Å². The van der Waals surface area contributed by atoms with Crippen molar-refractivity contribution in [3.8, 4) is 0 Å². The van der Waals surface area contributed by atoms with Crippen molar-refractivity contribution >= 4 is 22.5 Å². The third-order valence-corrected chi connectivity index (χ3v) is 7.30. The summed E-state index contributed by atoms with van der Waals surface area (Å²) in [7, 11) is 1.36. The van der Waals surface area contributed by atoms with E-state index in [1.54, 1.807) is 24.5 Å². The molecule has 0 saturated heterocycles. The predicted octanol–water partition coefficient (Wildman–Crippen LogP) is 6.89. The van der Waals surface area contributed by atoms with Crippen LogP contribution in [0.5, 0.6) is 0 Å². The quantitative estimate of drug-likeness (QED) is 0.130. The second-order valence-electron chi connectivity index (χ2n) is 9.57. The summed E-state index contributed by atoms with van der Waals surface area (Å²) in [5.41, 5.74) is 3.74. The van der Waals surface area contributed by atoms with E-state index in [-0.39, 0.29) is 5.78 Å². The molecule has 0 radical (unpaired) electrons. The van der Waals surface area contributed by atoms with Gasteiger partial charge in [-0.1, -0.05) is 109 Å². The van der Waals surface area contributed by atoms with Crippen LogP contribution in [0, 0.1) is 0 Å². The van der Waals surface area contributed by atoms with Crippen molar-refractivity contribution in [1.82, 2.24) is 9.55 Å². The Morgan fingerprint density at radius 3 is 1.62 bits per heavy atom. The predicted molar refractivity (Wildman–Crippen MR) is 156 cm³/mol. The molecule has 0 amide bonds. The molecule has 0 fully saturated rings. The Bertz CT molecular complexity index is 1710. The van der Waals surface area contributed by atoms with Crippen LogP contribution >= 0.6 is 0 Å². The summed E-state index contributed by atoms with van der Waals surface area (Å²) in [4.78, 5) is 30.2. The maximum absolute atomic E-state index is 13.7. The van der Waals surface area contributed by atoms with Crippen LogP contribution in [-0.2, 0) is 10.3 Å². The lowest BCUT2D eigenvalue weighted by Gasteiger charge is -2.37. The van der Waals surface area contributed by atoms with Gasteiger partial charge >= 0.3 is 5.97 Å². The van der Waals surface area contributed by atoms with Gasteiger partial charge in [-0.25, -0.2) is 9.78 Å². The zero-order valence-electron chi connectivity index (χ0n) is 21.9. The molecule has 0 aliphatic rings. The highest BCUT2D eigenvalue weighted by molar-refractivity contribution is 6.09. The molecular formula is C35H26N2O3. The molecule has 6 rings (SSSR count). The molecule has 5 nitrogen and oxygen atoms in total. The number of ketones is 1. The summed E-state index contributed by atoms with van der Waals surface area (Å²) in [6, 6.07) is 41.5. The van der Waals surface area contributed by atoms with Gasteiger partial charge in [-0.2, -0.15) is 0 Å². The van der Waals surface area contributed by atoms with Crippen LogP contribution in [-0.4, -0.2) is 28.4 Å². The number of fused-ring (bicyclic) bond motifs is 1. The summed E-state index contributed by atoms with van der Waals surface area (Å²) in [5, 5.41) is 1.70. The highest BCUT2D eigenvalue weighted by atomic mass is 16.5. The van der Waals surface area contributed by atoms with E-state index in [9.17, 15) is 9.59 Å². The summed E-state index contributed by atoms with van der Waals surface area (Å²) in [6.45, 7) is 0. The van der Waals surface area contributed by atoms with E-state index < -0.39 is 11.5 Å². The van der Waals surface area contributed by atoms with Gasteiger partial charge in [0.15, 0.2) is 0 Å². The Labute approximate surface area is 232 Å². The van der Waals surface area contributed by atoms with Crippen LogP contribution in [0.2, 0.25) is 0 Å². The Balaban J connectivity index is 1.47. The maximum Gasteiger partial charge on any atom is 0.337 e. The minimum Gasteiger partial charge on any atom is -0.465 e. The van der Waals surface area contributed by atoms with Crippen molar-refractivity contribution in [2.24, 2.45) is 0 Å². The fourth-order valence-electron chi connectivity index (χ4n) is 5.39. The molecule has 0 atom stereocenters. The number of ether oxygens (including phenoxy) is 1. The molecule has 1 heterocycles. The first-order chi connectivity index (χ1) is 19.6. The molecule has 0 spiro atoms. The molecule has 0 aliphatic carbocycles. The molecule has 0 unspecified atom stereocenters. The van der Waals surface area contributed by atoms with Gasteiger partial charge in [0.25, 0.3) is 0 Å². The van der Waals surface area contributed by atoms with E-state index in [2.05, 4.69) is 41.4 Å². The van der Waals surface area contributed by atoms with Gasteiger partial charge in [-0.15, -0.1) is 0 Å². The Hall–Kier alpha value is -5.29. The smallest absolute Gasteiger partial charge is 0.337 e. The number of methoxy groups -OCH3 is 1. The number of carbonyl (C=O) groups is 2. The van der Waals surface area contributed by atoms with Crippen LogP contribution in [0.3, 0.4) is 0 Å². The number of carbonyl (C=O) groups excluding carboxylic acids is 2. The molecule has 6 aromatic rings. The standard InChI is InChI=1S/C35H26N2O3/c1-40-34(39)28-20-18-25-21-27(19-17-26(25)22-28)33(38)32-23-37(24-36-32)35(29-11-5-2-6-12-29,30-13-7-3-8-14-30)31-15-9-4-10-16-31/h2-24H,1H3. The Morgan fingerprint density at radius 2 is 1.12 bits per heavy atom. The van der Waals surface area contributed by atoms with Crippen molar-refractivity contribution < 1.29 is 14.3 Å². The summed E-state index contributed by atoms with van der Waals surface area (Å²) in [6.07, 6.45) is 3.57. The highest BCUT2D eigenvalue weighted by Crippen LogP contribution is 2.40. The number of esters is 1. The van der Waals surface area contributed by atoms with Crippen molar-refractivity contribution in [2.75, 3.05) is 7.11 Å². The minimum absolute atomic E-state index is 0.180. The van der Waals surface area contributed by atoms with Crippen LogP contribution < -0.4 is 0 Å². The number of nitrogens with zero attached hydrogens (tertiary/aromatic N) is 2. The normalized spacial score (nSPS) is 11.3. The Morgan fingerprint density at radius 1 is 0.650 bits per heavy atom. The number of hydrogen-bond donors (Lipinski definition) is 0. The zero-order valence-corrected chi connectivity index (χ0v) is 21.9. The van der Waals surface area contributed by atoms with Gasteiger partial charge in [0.2, 0.25) is 5.78 Å². The third-order valence-electron chi connectivity index (χ3n) is 7.30. The average molecular weight is 523 g/mol. The van der Waals surface area contributed by atoms with E-state index in [1.807, 2.05) is 83.6 Å². The first-order valence-electron chi connectivity index (χ1n) is 13.0. The summed E-state index contributed by atoms with van der Waals surface area (Å²) < 4.78 is 6.86. The lowest BCUT2D eigenvalue weighted by molar-refractivity contribution is 0.0600. The highest BCUT2D eigenvalue weighted by Gasteiger charge is 2.38. The van der Waals surface area contributed by atoms with E-state index >= 15 is 0 Å². The van der Waals surface area contributed by atoms with Crippen molar-refractivity contribution in [3.63, 3.8) is 0 Å². The Kier molecular flexibility index (Phi) is 6.54. The SMILES string of the molecule is COC(=O)c1ccc2cc(C(=O)c3cn(C(c4ccccc4)(c4ccccc4)c4ccccc4)cn3)ccc2c1. The number of rotatable bonds is 7. The number of benzene rings is 5. The summed E-state index contributed by atoms with van der Waals surface area (Å²) in [5.74, 6) is -0.577. The first kappa shape index (κ1) is 25.0. The minimum atomic E-state index is -0.747. The molecule has 0 N–H and O–H groups in total. The van der Waals surface area contributed by atoms with Gasteiger partial charge in [0.1, 0.15) is 11.2 Å². The van der Waals surface area contributed by atoms with Gasteiger partial charge in [0, 0.05) is 11.8 Å². The van der Waals surface area contributed by atoms with Crippen LogP contribution in [0.25, 0.3) is 10.8 Å². The second kappa shape index (κ2) is 10.5. The van der Waals surface area contributed by atoms with Crippen LogP contribution in [0.1, 0.15) is 43.1 Å². The van der Waals surface area contributed by atoms with E-state index in [0.29, 0.717) is 16.8 Å². The average Bonchev–Trinajstić information content (AvgIpc) is 3.52. The third kappa shape index (κ3) is 4.28. The van der Waals surface area contributed by atoms with E-state index in [1.165, 1.54) is 7.11 Å². The molecule has 5 aromatic carbocycles. The topological polar surface area (TPSA) is 61.2 Å². The fourth-order valence-corrected chi connectivity index (χ4v) is 5.39. The molecule has 0 bridgehead atoms.